The Morgan fingerprint density at radius 2 is 0.869 bits per heavy atom. The molecule has 6 rings (SSSR count). The minimum absolute atomic E-state index is 0. The molecule has 0 spiro atoms. The van der Waals surface area contributed by atoms with Gasteiger partial charge in [0.1, 0.15) is 5.82 Å². The molecule has 0 atom stereocenters. The van der Waals surface area contributed by atoms with E-state index < -0.39 is 0 Å². The Labute approximate surface area is 366 Å². The Balaban J connectivity index is -0.000000720. The Bertz CT molecular complexity index is 2510. The molecule has 0 aliphatic rings. The summed E-state index contributed by atoms with van der Waals surface area (Å²) in [7, 11) is 8.54. The molecule has 0 saturated heterocycles. The SMILES string of the molecule is C.C.C.C.C.CC(C)c1cn(C)c(=O)c2cc(F)ccc12.CC(C)c1cn(C)c(=O)c2ccccc12.COc1cc(C(C)C)cn(C)c1=O.Cc1cc(C(C)C)cn(C)c1=O. The second kappa shape index (κ2) is 26.0. The Morgan fingerprint density at radius 1 is 0.475 bits per heavy atom. The molecular weight excluding hydrogens is 768 g/mol. The van der Waals surface area contributed by atoms with E-state index in [1.807, 2.05) is 62.0 Å². The van der Waals surface area contributed by atoms with Gasteiger partial charge < -0.3 is 23.0 Å². The molecule has 61 heavy (non-hydrogen) atoms. The first-order valence-corrected chi connectivity index (χ1v) is 19.0. The lowest BCUT2D eigenvalue weighted by atomic mass is 9.98. The van der Waals surface area contributed by atoms with E-state index in [9.17, 15) is 23.6 Å². The second-order valence-electron chi connectivity index (χ2n) is 15.5. The number of aryl methyl sites for hydroxylation is 5. The molecule has 0 unspecified atom stereocenters. The van der Waals surface area contributed by atoms with Crippen molar-refractivity contribution in [2.24, 2.45) is 28.2 Å². The van der Waals surface area contributed by atoms with Crippen LogP contribution >= 0.6 is 0 Å². The van der Waals surface area contributed by atoms with Crippen molar-refractivity contribution in [3.8, 4) is 5.75 Å². The number of methoxy groups -OCH3 is 1. The largest absolute Gasteiger partial charge is 0.491 e. The number of hydrogen-bond acceptors (Lipinski definition) is 5. The average molecular weight is 847 g/mol. The maximum absolute atomic E-state index is 13.1. The average Bonchev–Trinajstić information content (AvgIpc) is 3.15. The molecule has 4 aromatic heterocycles. The van der Waals surface area contributed by atoms with Crippen LogP contribution in [0, 0.1) is 12.7 Å². The normalized spacial score (nSPS) is 10.1. The van der Waals surface area contributed by atoms with Gasteiger partial charge in [-0.25, -0.2) is 4.39 Å². The second-order valence-corrected chi connectivity index (χ2v) is 15.5. The number of aromatic nitrogens is 4. The van der Waals surface area contributed by atoms with Crippen molar-refractivity contribution in [1.29, 1.82) is 0 Å². The predicted molar refractivity (Wildman–Crippen MR) is 263 cm³/mol. The summed E-state index contributed by atoms with van der Waals surface area (Å²) in [5, 5.41) is 3.19. The molecule has 0 aliphatic heterocycles. The molecule has 0 fully saturated rings. The van der Waals surface area contributed by atoms with Crippen LogP contribution in [-0.2, 0) is 28.2 Å². The third-order valence-corrected chi connectivity index (χ3v) is 9.65. The van der Waals surface area contributed by atoms with Crippen molar-refractivity contribution in [3.05, 3.63) is 154 Å². The molecule has 0 radical (unpaired) electrons. The minimum atomic E-state index is -0.370. The fourth-order valence-corrected chi connectivity index (χ4v) is 6.23. The van der Waals surface area contributed by atoms with Gasteiger partial charge in [-0.2, -0.15) is 0 Å². The van der Waals surface area contributed by atoms with E-state index in [-0.39, 0.29) is 65.2 Å². The molecular formula is C51H79FN4O5. The van der Waals surface area contributed by atoms with Gasteiger partial charge >= 0.3 is 0 Å². The number of hydrogen-bond donors (Lipinski definition) is 0. The molecule has 0 amide bonds. The Hall–Kier alpha value is -5.51. The number of ether oxygens (including phenoxy) is 1. The fourth-order valence-electron chi connectivity index (χ4n) is 6.23. The first-order valence-electron chi connectivity index (χ1n) is 19.0. The van der Waals surface area contributed by atoms with Crippen molar-refractivity contribution in [1.82, 2.24) is 18.3 Å². The molecule has 340 valence electrons. The topological polar surface area (TPSA) is 97.2 Å². The summed E-state index contributed by atoms with van der Waals surface area (Å²) in [5.74, 6) is 1.66. The summed E-state index contributed by atoms with van der Waals surface area (Å²) in [6.45, 7) is 18.7. The molecule has 10 heteroatoms. The van der Waals surface area contributed by atoms with E-state index in [2.05, 4.69) is 55.4 Å². The number of halogens is 1. The van der Waals surface area contributed by atoms with Gasteiger partial charge in [0.25, 0.3) is 22.2 Å². The number of rotatable bonds is 5. The molecule has 2 aromatic carbocycles. The van der Waals surface area contributed by atoms with Crippen LogP contribution in [0.5, 0.6) is 5.75 Å². The van der Waals surface area contributed by atoms with Gasteiger partial charge in [0.15, 0.2) is 5.75 Å². The van der Waals surface area contributed by atoms with Crippen LogP contribution in [0.3, 0.4) is 0 Å². The van der Waals surface area contributed by atoms with Crippen molar-refractivity contribution in [2.75, 3.05) is 7.11 Å². The highest BCUT2D eigenvalue weighted by Gasteiger charge is 2.11. The Kier molecular flexibility index (Phi) is 25.5. The maximum atomic E-state index is 13.1. The number of nitrogens with zero attached hydrogens (tertiary/aromatic N) is 4. The summed E-state index contributed by atoms with van der Waals surface area (Å²) in [6.07, 6.45) is 7.51. The molecule has 0 N–H and O–H groups in total. The van der Waals surface area contributed by atoms with Crippen molar-refractivity contribution >= 4 is 21.5 Å². The summed E-state index contributed by atoms with van der Waals surface area (Å²) in [4.78, 5) is 46.4. The number of fused-ring (bicyclic) bond motifs is 2. The first-order chi connectivity index (χ1) is 26.2. The summed E-state index contributed by atoms with van der Waals surface area (Å²) >= 11 is 0. The maximum Gasteiger partial charge on any atom is 0.292 e. The van der Waals surface area contributed by atoms with Gasteiger partial charge in [0, 0.05) is 63.9 Å². The smallest absolute Gasteiger partial charge is 0.292 e. The highest BCUT2D eigenvalue weighted by molar-refractivity contribution is 5.86. The van der Waals surface area contributed by atoms with Crippen LogP contribution in [0.15, 0.2) is 98.6 Å². The van der Waals surface area contributed by atoms with Crippen LogP contribution in [0.25, 0.3) is 21.5 Å². The van der Waals surface area contributed by atoms with E-state index in [0.717, 1.165) is 32.8 Å². The monoisotopic (exact) mass is 847 g/mol. The van der Waals surface area contributed by atoms with Crippen molar-refractivity contribution in [3.63, 3.8) is 0 Å². The van der Waals surface area contributed by atoms with Gasteiger partial charge in [-0.05, 0) is 94.0 Å². The molecule has 0 aliphatic carbocycles. The van der Waals surface area contributed by atoms with Crippen molar-refractivity contribution < 1.29 is 9.13 Å². The van der Waals surface area contributed by atoms with Gasteiger partial charge in [0.2, 0.25) is 0 Å². The van der Waals surface area contributed by atoms with Crippen LogP contribution in [0.1, 0.15) is 144 Å². The van der Waals surface area contributed by atoms with Gasteiger partial charge in [0.05, 0.1) is 12.5 Å². The zero-order valence-corrected chi connectivity index (χ0v) is 35.5. The highest BCUT2D eigenvalue weighted by atomic mass is 19.1. The summed E-state index contributed by atoms with van der Waals surface area (Å²) < 4.78 is 24.5. The van der Waals surface area contributed by atoms with Gasteiger partial charge in [-0.1, -0.05) is 117 Å². The summed E-state index contributed by atoms with van der Waals surface area (Å²) in [5.41, 5.74) is 5.38. The first kappa shape index (κ1) is 59.8. The van der Waals surface area contributed by atoms with Crippen LogP contribution < -0.4 is 27.0 Å². The molecule has 9 nitrogen and oxygen atoms in total. The van der Waals surface area contributed by atoms with E-state index in [1.165, 1.54) is 34.9 Å². The minimum Gasteiger partial charge on any atom is -0.491 e. The zero-order valence-electron chi connectivity index (χ0n) is 35.5. The van der Waals surface area contributed by atoms with Crippen LogP contribution in [0.4, 0.5) is 4.39 Å². The molecule has 4 heterocycles. The van der Waals surface area contributed by atoms with E-state index in [1.54, 1.807) is 54.0 Å². The quantitative estimate of drug-likeness (QED) is 0.172. The van der Waals surface area contributed by atoms with Crippen LogP contribution in [-0.4, -0.2) is 25.4 Å². The standard InChI is InChI=1S/C13H14FNO.C13H15NO.C10H15NO2.C10H15NO.5CH4/c1-8(2)12-7-15(3)13(16)11-6-9(14)4-5-10(11)12;1-9(2)12-8-14(3)13(15)11-7-5-4-6-10(11)12;1-7(2)8-5-9(13-4)10(12)11(3)6-8;1-7(2)9-5-8(3)10(12)11(4)6-9;;;;;/h4-8H,1-3H3;4-9H,1-3H3;5-7H,1-4H3;5-7H,1-4H3;5*1H4. The Morgan fingerprint density at radius 3 is 1.30 bits per heavy atom. The number of benzene rings is 2. The fraction of sp³-hybridized carbons (Fsp3) is 0.451. The van der Waals surface area contributed by atoms with Gasteiger partial charge in [-0.3, -0.25) is 19.2 Å². The highest BCUT2D eigenvalue weighted by Crippen LogP contribution is 2.24. The third-order valence-electron chi connectivity index (χ3n) is 9.65. The van der Waals surface area contributed by atoms with Gasteiger partial charge in [-0.15, -0.1) is 0 Å². The third kappa shape index (κ3) is 14.9. The zero-order chi connectivity index (χ0) is 42.2. The lowest BCUT2D eigenvalue weighted by Crippen LogP contribution is -2.19. The summed E-state index contributed by atoms with van der Waals surface area (Å²) in [6, 6.07) is 16.0. The van der Waals surface area contributed by atoms with E-state index in [4.69, 9.17) is 4.74 Å². The van der Waals surface area contributed by atoms with E-state index in [0.29, 0.717) is 34.8 Å². The lowest BCUT2D eigenvalue weighted by Gasteiger charge is -2.11. The van der Waals surface area contributed by atoms with Crippen LogP contribution in [0.2, 0.25) is 0 Å². The molecule has 6 aromatic rings. The molecule has 0 bridgehead atoms. The number of pyridine rings is 4. The lowest BCUT2D eigenvalue weighted by molar-refractivity contribution is 0.403. The van der Waals surface area contributed by atoms with E-state index >= 15 is 0 Å². The van der Waals surface area contributed by atoms with Crippen molar-refractivity contribution in [2.45, 2.75) is 123 Å². The molecule has 0 saturated carbocycles. The predicted octanol–water partition coefficient (Wildman–Crippen LogP) is 12.0.